The number of hydrogen-bond acceptors (Lipinski definition) is 8. The molecular weight excluding hydrogens is 532 g/mol. The minimum atomic E-state index is -0.310. The summed E-state index contributed by atoms with van der Waals surface area (Å²) < 4.78 is 12.6. The van der Waals surface area contributed by atoms with Gasteiger partial charge in [-0.15, -0.1) is 0 Å². The molecule has 11 heteroatoms. The van der Waals surface area contributed by atoms with Crippen LogP contribution in [0.3, 0.4) is 0 Å². The summed E-state index contributed by atoms with van der Waals surface area (Å²) in [6.07, 6.45) is 4.79. The van der Waals surface area contributed by atoms with Gasteiger partial charge in [0.1, 0.15) is 5.02 Å². The maximum Gasteiger partial charge on any atom is 0.293 e. The molecule has 0 unspecified atom stereocenters. The molecule has 0 bridgehead atoms. The minimum absolute atomic E-state index is 0.130. The molecule has 1 atom stereocenters. The van der Waals surface area contributed by atoms with E-state index in [1.165, 1.54) is 13.5 Å². The smallest absolute Gasteiger partial charge is 0.293 e. The number of likely N-dealkylation sites (N-methyl/N-ethyl adjacent to an activating group) is 1. The Morgan fingerprint density at radius 2 is 2.10 bits per heavy atom. The third kappa shape index (κ3) is 6.33. The van der Waals surface area contributed by atoms with Crippen LogP contribution in [0.5, 0.6) is 5.75 Å². The van der Waals surface area contributed by atoms with E-state index in [4.69, 9.17) is 26.1 Å². The van der Waals surface area contributed by atoms with Crippen molar-refractivity contribution in [1.82, 2.24) is 19.9 Å². The predicted octanol–water partition coefficient (Wildman–Crippen LogP) is 4.22. The first-order valence-corrected chi connectivity index (χ1v) is 14.3. The number of benzene rings is 1. The van der Waals surface area contributed by atoms with E-state index in [1.807, 2.05) is 18.2 Å². The topological polar surface area (TPSA) is 111 Å². The van der Waals surface area contributed by atoms with Gasteiger partial charge in [-0.05, 0) is 55.4 Å². The summed E-state index contributed by atoms with van der Waals surface area (Å²) in [7, 11) is 1.53. The summed E-state index contributed by atoms with van der Waals surface area (Å²) in [6, 6.07) is 7.43. The molecule has 2 fully saturated rings. The number of hydrogen-bond donors (Lipinski definition) is 2. The predicted molar refractivity (Wildman–Crippen MR) is 157 cm³/mol. The second kappa shape index (κ2) is 12.4. The van der Waals surface area contributed by atoms with Crippen LogP contribution in [0.2, 0.25) is 5.02 Å². The van der Waals surface area contributed by atoms with Crippen molar-refractivity contribution in [3.63, 3.8) is 0 Å². The fourth-order valence-electron chi connectivity index (χ4n) is 5.21. The van der Waals surface area contributed by atoms with Crippen molar-refractivity contribution in [3.05, 3.63) is 45.8 Å². The number of fused-ring (bicyclic) bond motifs is 1. The van der Waals surface area contributed by atoms with Crippen LogP contribution in [-0.2, 0) is 16.1 Å². The largest absolute Gasteiger partial charge is 0.478 e. The van der Waals surface area contributed by atoms with Crippen molar-refractivity contribution in [2.75, 3.05) is 50.2 Å². The normalized spacial score (nSPS) is 17.6. The number of halogens is 1. The van der Waals surface area contributed by atoms with Crippen molar-refractivity contribution in [2.45, 2.75) is 39.7 Å². The van der Waals surface area contributed by atoms with E-state index in [2.05, 4.69) is 34.4 Å². The number of ether oxygens (including phenoxy) is 2. The first kappa shape index (κ1) is 28.2. The third-order valence-electron chi connectivity index (χ3n) is 7.84. The average molecular weight is 569 g/mol. The lowest BCUT2D eigenvalue weighted by atomic mass is 9.88. The van der Waals surface area contributed by atoms with E-state index < -0.39 is 0 Å². The monoisotopic (exact) mass is 568 g/mol. The molecule has 2 aromatic heterocycles. The Kier molecular flexibility index (Phi) is 8.75. The molecule has 0 radical (unpaired) electrons. The molecule has 4 heterocycles. The highest BCUT2D eigenvalue weighted by atomic mass is 35.5. The molecule has 1 aromatic carbocycles. The first-order valence-electron chi connectivity index (χ1n) is 14.0. The number of piperidine rings is 1. The number of carbonyl (C=O) groups excluding carboxylic acids is 1. The van der Waals surface area contributed by atoms with Gasteiger partial charge in [-0.3, -0.25) is 9.59 Å². The fourth-order valence-corrected chi connectivity index (χ4v) is 5.35. The van der Waals surface area contributed by atoms with Gasteiger partial charge in [-0.25, -0.2) is 4.98 Å². The second-order valence-corrected chi connectivity index (χ2v) is 11.4. The van der Waals surface area contributed by atoms with Crippen molar-refractivity contribution in [2.24, 2.45) is 17.8 Å². The van der Waals surface area contributed by atoms with Crippen molar-refractivity contribution in [1.29, 1.82) is 0 Å². The molecule has 40 heavy (non-hydrogen) atoms. The van der Waals surface area contributed by atoms with Gasteiger partial charge in [0.25, 0.3) is 11.5 Å². The number of aromatic nitrogens is 3. The Hall–Kier alpha value is -3.37. The molecule has 1 amide bonds. The van der Waals surface area contributed by atoms with Crippen molar-refractivity contribution < 1.29 is 14.3 Å². The zero-order chi connectivity index (χ0) is 28.2. The number of nitrogens with one attached hydrogen (secondary N) is 2. The Morgan fingerprint density at radius 3 is 2.83 bits per heavy atom. The van der Waals surface area contributed by atoms with Crippen LogP contribution in [0.15, 0.2) is 35.3 Å². The highest BCUT2D eigenvalue weighted by Gasteiger charge is 2.25. The summed E-state index contributed by atoms with van der Waals surface area (Å²) in [5.41, 5.74) is 1.28. The molecule has 2 aliphatic rings. The summed E-state index contributed by atoms with van der Waals surface area (Å²) in [4.78, 5) is 36.6. The molecule has 214 valence electrons. The SMILES string of the molecule is CNC(=O)COc1cc2cc(Nc3nc(N4CCC[C@H](C(C)C)C4)ncc3Cl)ccc2n(CCC2COC2)c1=O. The number of rotatable bonds is 10. The van der Waals surface area contributed by atoms with Crippen LogP contribution < -0.4 is 25.8 Å². The highest BCUT2D eigenvalue weighted by Crippen LogP contribution is 2.30. The van der Waals surface area contributed by atoms with Crippen LogP contribution in [0.1, 0.15) is 33.1 Å². The average Bonchev–Trinajstić information content (AvgIpc) is 2.93. The van der Waals surface area contributed by atoms with E-state index in [0.717, 1.165) is 42.5 Å². The third-order valence-corrected chi connectivity index (χ3v) is 8.12. The molecule has 2 saturated heterocycles. The highest BCUT2D eigenvalue weighted by molar-refractivity contribution is 6.32. The number of aryl methyl sites for hydroxylation is 1. The lowest BCUT2D eigenvalue weighted by Crippen LogP contribution is -2.38. The number of amides is 1. The zero-order valence-electron chi connectivity index (χ0n) is 23.3. The standard InChI is InChI=1S/C29H37ClN6O4/c1-18(2)20-5-4-9-35(14-20)29-32-13-23(30)27(34-29)33-22-6-7-24-21(11-22)12-25(40-17-26(37)31-3)28(38)36(24)10-8-19-15-39-16-19/h6-7,11-13,18-20H,4-5,8-10,14-17H2,1-3H3,(H,31,37)(H,32,33,34)/t20-/m0/s1. The van der Waals surface area contributed by atoms with Gasteiger partial charge in [0, 0.05) is 43.7 Å². The molecule has 0 spiro atoms. The van der Waals surface area contributed by atoms with Crippen LogP contribution >= 0.6 is 11.6 Å². The number of carbonyl (C=O) groups is 1. The number of nitrogens with zero attached hydrogens (tertiary/aromatic N) is 4. The van der Waals surface area contributed by atoms with Crippen molar-refractivity contribution >= 4 is 45.9 Å². The Balaban J connectivity index is 1.43. The second-order valence-electron chi connectivity index (χ2n) is 11.0. The lowest BCUT2D eigenvalue weighted by Gasteiger charge is -2.34. The van der Waals surface area contributed by atoms with Gasteiger partial charge in [0.2, 0.25) is 5.95 Å². The minimum Gasteiger partial charge on any atom is -0.478 e. The maximum atomic E-state index is 13.3. The van der Waals surface area contributed by atoms with E-state index >= 15 is 0 Å². The van der Waals surface area contributed by atoms with Gasteiger partial charge < -0.3 is 29.6 Å². The number of pyridine rings is 1. The van der Waals surface area contributed by atoms with E-state index in [-0.39, 0.29) is 23.8 Å². The fraction of sp³-hybridized carbons (Fsp3) is 0.517. The molecule has 0 aliphatic carbocycles. The van der Waals surface area contributed by atoms with E-state index in [0.29, 0.717) is 54.3 Å². The van der Waals surface area contributed by atoms with Gasteiger partial charge in [0.15, 0.2) is 18.2 Å². The summed E-state index contributed by atoms with van der Waals surface area (Å²) in [5.74, 6) is 2.65. The van der Waals surface area contributed by atoms with Gasteiger partial charge in [-0.2, -0.15) is 4.98 Å². The van der Waals surface area contributed by atoms with Crippen LogP contribution in [0, 0.1) is 17.8 Å². The van der Waals surface area contributed by atoms with E-state index in [9.17, 15) is 9.59 Å². The van der Waals surface area contributed by atoms with Gasteiger partial charge >= 0.3 is 0 Å². The van der Waals surface area contributed by atoms with E-state index in [1.54, 1.807) is 16.8 Å². The van der Waals surface area contributed by atoms with Gasteiger partial charge in [-0.1, -0.05) is 25.4 Å². The summed E-state index contributed by atoms with van der Waals surface area (Å²) >= 11 is 6.51. The Labute approximate surface area is 239 Å². The molecular formula is C29H37ClN6O4. The van der Waals surface area contributed by atoms with Crippen LogP contribution in [-0.4, -0.2) is 60.4 Å². The van der Waals surface area contributed by atoms with Crippen LogP contribution in [0.4, 0.5) is 17.5 Å². The summed E-state index contributed by atoms with van der Waals surface area (Å²) in [6.45, 7) is 8.10. The Bertz CT molecular complexity index is 1420. The van der Waals surface area contributed by atoms with Crippen molar-refractivity contribution in [3.8, 4) is 5.75 Å². The molecule has 0 saturated carbocycles. The zero-order valence-corrected chi connectivity index (χ0v) is 24.0. The molecule has 2 N–H and O–H groups in total. The quantitative estimate of drug-likeness (QED) is 0.374. The summed E-state index contributed by atoms with van der Waals surface area (Å²) in [5, 5.41) is 7.07. The lowest BCUT2D eigenvalue weighted by molar-refractivity contribution is -0.122. The molecule has 5 rings (SSSR count). The maximum absolute atomic E-state index is 13.3. The number of anilines is 3. The van der Waals surface area contributed by atoms with Crippen LogP contribution in [0.25, 0.3) is 10.9 Å². The Morgan fingerprint density at radius 1 is 1.27 bits per heavy atom. The molecule has 2 aliphatic heterocycles. The molecule has 10 nitrogen and oxygen atoms in total. The first-order chi connectivity index (χ1) is 19.3. The van der Waals surface area contributed by atoms with Gasteiger partial charge in [0.05, 0.1) is 24.9 Å². The molecule has 3 aromatic rings.